The molecule has 3 rings (SSSR count). The van der Waals surface area contributed by atoms with Crippen molar-refractivity contribution in [1.82, 2.24) is 0 Å². The Labute approximate surface area is 159 Å². The van der Waals surface area contributed by atoms with E-state index in [4.69, 9.17) is 14.2 Å². The Bertz CT molecular complexity index is 897. The monoisotopic (exact) mass is 392 g/mol. The molecule has 7 heteroatoms. The van der Waals surface area contributed by atoms with E-state index in [1.807, 2.05) is 0 Å². The molecule has 142 valence electrons. The summed E-state index contributed by atoms with van der Waals surface area (Å²) in [4.78, 5) is 11.7. The van der Waals surface area contributed by atoms with Crippen molar-refractivity contribution in [3.8, 4) is 17.2 Å². The number of thiophene rings is 1. The topological polar surface area (TPSA) is 44.8 Å². The Hall–Kier alpha value is -2.67. The highest BCUT2D eigenvalue weighted by molar-refractivity contribution is 7.19. The van der Waals surface area contributed by atoms with Crippen LogP contribution < -0.4 is 14.2 Å². The van der Waals surface area contributed by atoms with Gasteiger partial charge < -0.3 is 14.2 Å². The predicted molar refractivity (Wildman–Crippen MR) is 100 cm³/mol. The molecule has 0 bridgehead atoms. The van der Waals surface area contributed by atoms with Crippen LogP contribution in [-0.2, 0) is 10.7 Å². The first-order valence-electron chi connectivity index (χ1n) is 8.22. The number of rotatable bonds is 7. The zero-order valence-corrected chi connectivity index (χ0v) is 15.6. The van der Waals surface area contributed by atoms with Crippen molar-refractivity contribution in [2.45, 2.75) is 18.8 Å². The summed E-state index contributed by atoms with van der Waals surface area (Å²) in [6.45, 7) is 0. The SMILES string of the molecule is COc1cc2cc(C(F)(F)CCC(=O)Oc3ccccc3)sc2cc1OC. The second-order valence-corrected chi connectivity index (χ2v) is 6.93. The lowest BCUT2D eigenvalue weighted by molar-refractivity contribution is -0.136. The Morgan fingerprint density at radius 2 is 1.70 bits per heavy atom. The van der Waals surface area contributed by atoms with E-state index < -0.39 is 18.3 Å². The fourth-order valence-corrected chi connectivity index (χ4v) is 3.68. The van der Waals surface area contributed by atoms with Crippen LogP contribution in [-0.4, -0.2) is 20.2 Å². The summed E-state index contributed by atoms with van der Waals surface area (Å²) in [5.41, 5.74) is 0. The molecule has 4 nitrogen and oxygen atoms in total. The number of carbonyl (C=O) groups excluding carboxylic acids is 1. The minimum atomic E-state index is -3.14. The molecular weight excluding hydrogens is 374 g/mol. The predicted octanol–water partition coefficient (Wildman–Crippen LogP) is 5.40. The lowest BCUT2D eigenvalue weighted by Gasteiger charge is -2.13. The maximum atomic E-state index is 14.6. The van der Waals surface area contributed by atoms with Crippen LogP contribution in [0.25, 0.3) is 10.1 Å². The van der Waals surface area contributed by atoms with E-state index in [9.17, 15) is 13.6 Å². The average Bonchev–Trinajstić information content (AvgIpc) is 3.10. The summed E-state index contributed by atoms with van der Waals surface area (Å²) in [5.74, 6) is -2.53. The van der Waals surface area contributed by atoms with Crippen LogP contribution in [0, 0.1) is 0 Å². The highest BCUT2D eigenvalue weighted by Crippen LogP contribution is 2.43. The van der Waals surface area contributed by atoms with E-state index in [-0.39, 0.29) is 11.3 Å². The number of carbonyl (C=O) groups is 1. The maximum absolute atomic E-state index is 14.6. The molecule has 2 aromatic carbocycles. The number of para-hydroxylation sites is 1. The zero-order valence-electron chi connectivity index (χ0n) is 14.8. The summed E-state index contributed by atoms with van der Waals surface area (Å²) < 4.78 is 45.3. The molecule has 3 aromatic rings. The van der Waals surface area contributed by atoms with E-state index in [0.717, 1.165) is 11.3 Å². The molecule has 1 heterocycles. The van der Waals surface area contributed by atoms with Gasteiger partial charge in [-0.15, -0.1) is 11.3 Å². The minimum Gasteiger partial charge on any atom is -0.493 e. The Morgan fingerprint density at radius 1 is 1.04 bits per heavy atom. The van der Waals surface area contributed by atoms with E-state index in [0.29, 0.717) is 27.3 Å². The number of hydrogen-bond acceptors (Lipinski definition) is 5. The van der Waals surface area contributed by atoms with Crippen LogP contribution in [0.3, 0.4) is 0 Å². The minimum absolute atomic E-state index is 0.111. The largest absolute Gasteiger partial charge is 0.493 e. The number of hydrogen-bond donors (Lipinski definition) is 0. The summed E-state index contributed by atoms with van der Waals surface area (Å²) >= 11 is 0.971. The van der Waals surface area contributed by atoms with E-state index in [1.54, 1.807) is 42.5 Å². The first kappa shape index (κ1) is 19.1. The number of fused-ring (bicyclic) bond motifs is 1. The third-order valence-electron chi connectivity index (χ3n) is 4.00. The van der Waals surface area contributed by atoms with Gasteiger partial charge in [0.1, 0.15) is 5.75 Å². The fourth-order valence-electron chi connectivity index (χ4n) is 2.60. The number of ether oxygens (including phenoxy) is 3. The zero-order chi connectivity index (χ0) is 19.4. The summed E-state index contributed by atoms with van der Waals surface area (Å²) in [6, 6.07) is 13.1. The van der Waals surface area contributed by atoms with Crippen molar-refractivity contribution in [3.63, 3.8) is 0 Å². The first-order chi connectivity index (χ1) is 12.9. The normalized spacial score (nSPS) is 11.4. The van der Waals surface area contributed by atoms with Gasteiger partial charge in [0, 0.05) is 17.2 Å². The van der Waals surface area contributed by atoms with Crippen LogP contribution in [0.4, 0.5) is 8.78 Å². The van der Waals surface area contributed by atoms with E-state index in [1.165, 1.54) is 20.3 Å². The Morgan fingerprint density at radius 3 is 2.37 bits per heavy atom. The highest BCUT2D eigenvalue weighted by Gasteiger charge is 2.34. The van der Waals surface area contributed by atoms with Gasteiger partial charge in [0.25, 0.3) is 5.92 Å². The van der Waals surface area contributed by atoms with Crippen molar-refractivity contribution in [2.24, 2.45) is 0 Å². The Balaban J connectivity index is 1.73. The Kier molecular flexibility index (Phi) is 5.60. The highest BCUT2D eigenvalue weighted by atomic mass is 32.1. The van der Waals surface area contributed by atoms with Gasteiger partial charge in [-0.1, -0.05) is 18.2 Å². The molecule has 0 fully saturated rings. The van der Waals surface area contributed by atoms with Gasteiger partial charge in [0.15, 0.2) is 11.5 Å². The van der Waals surface area contributed by atoms with Crippen molar-refractivity contribution >= 4 is 27.4 Å². The number of esters is 1. The number of halogens is 2. The fraction of sp³-hybridized carbons (Fsp3) is 0.250. The molecule has 0 saturated carbocycles. The second kappa shape index (κ2) is 7.92. The van der Waals surface area contributed by atoms with Crippen molar-refractivity contribution in [3.05, 3.63) is 53.4 Å². The molecule has 1 aromatic heterocycles. The molecule has 0 N–H and O–H groups in total. The van der Waals surface area contributed by atoms with E-state index in [2.05, 4.69) is 0 Å². The van der Waals surface area contributed by atoms with Crippen LogP contribution >= 0.6 is 11.3 Å². The molecule has 0 aliphatic rings. The van der Waals surface area contributed by atoms with Crippen molar-refractivity contribution < 1.29 is 27.8 Å². The lowest BCUT2D eigenvalue weighted by atomic mass is 10.1. The van der Waals surface area contributed by atoms with Gasteiger partial charge in [-0.05, 0) is 29.7 Å². The first-order valence-corrected chi connectivity index (χ1v) is 9.04. The molecular formula is C20H18F2O4S. The molecule has 0 saturated heterocycles. The standard InChI is InChI=1S/C20H18F2O4S/c1-24-15-10-13-11-18(27-17(13)12-16(15)25-2)20(21,22)9-8-19(23)26-14-6-4-3-5-7-14/h3-7,10-12H,8-9H2,1-2H3. The third kappa shape index (κ3) is 4.36. The number of benzene rings is 2. The molecule has 0 aliphatic heterocycles. The molecule has 0 unspecified atom stereocenters. The van der Waals surface area contributed by atoms with Gasteiger partial charge in [-0.2, -0.15) is 0 Å². The van der Waals surface area contributed by atoms with Gasteiger partial charge in [0.2, 0.25) is 0 Å². The van der Waals surface area contributed by atoms with Gasteiger partial charge >= 0.3 is 5.97 Å². The summed E-state index contributed by atoms with van der Waals surface area (Å²) in [6.07, 6.45) is -1.01. The molecule has 0 aliphatic carbocycles. The smallest absolute Gasteiger partial charge is 0.311 e. The average molecular weight is 392 g/mol. The maximum Gasteiger partial charge on any atom is 0.311 e. The van der Waals surface area contributed by atoms with Crippen LogP contribution in [0.15, 0.2) is 48.5 Å². The van der Waals surface area contributed by atoms with Crippen LogP contribution in [0.5, 0.6) is 17.2 Å². The quantitative estimate of drug-likeness (QED) is 0.399. The lowest BCUT2D eigenvalue weighted by Crippen LogP contribution is -2.16. The van der Waals surface area contributed by atoms with Gasteiger partial charge in [-0.3, -0.25) is 4.79 Å². The van der Waals surface area contributed by atoms with Crippen molar-refractivity contribution in [1.29, 1.82) is 0 Å². The summed E-state index contributed by atoms with van der Waals surface area (Å²) in [7, 11) is 2.98. The molecule has 0 atom stereocenters. The van der Waals surface area contributed by atoms with Gasteiger partial charge in [-0.25, -0.2) is 8.78 Å². The summed E-state index contributed by atoms with van der Waals surface area (Å²) in [5, 5.41) is 0.638. The number of methoxy groups -OCH3 is 2. The number of alkyl halides is 2. The van der Waals surface area contributed by atoms with Crippen LogP contribution in [0.1, 0.15) is 17.7 Å². The molecule has 0 radical (unpaired) electrons. The molecule has 0 spiro atoms. The third-order valence-corrected chi connectivity index (χ3v) is 5.21. The second-order valence-electron chi connectivity index (χ2n) is 5.85. The van der Waals surface area contributed by atoms with Crippen LogP contribution in [0.2, 0.25) is 0 Å². The molecule has 0 amide bonds. The van der Waals surface area contributed by atoms with E-state index >= 15 is 0 Å². The van der Waals surface area contributed by atoms with Crippen molar-refractivity contribution in [2.75, 3.05) is 14.2 Å². The van der Waals surface area contributed by atoms with Gasteiger partial charge in [0.05, 0.1) is 25.5 Å². The molecule has 27 heavy (non-hydrogen) atoms.